The fourth-order valence-electron chi connectivity index (χ4n) is 1.30. The molecule has 0 saturated carbocycles. The minimum atomic E-state index is 0.173. The van der Waals surface area contributed by atoms with Crippen LogP contribution in [-0.4, -0.2) is 15.9 Å². The van der Waals surface area contributed by atoms with Crippen molar-refractivity contribution in [3.8, 4) is 0 Å². The van der Waals surface area contributed by atoms with Crippen LogP contribution in [0.2, 0.25) is 5.02 Å². The monoisotopic (exact) mass is 271 g/mol. The number of thioether (sulfide) groups is 1. The molecular weight excluding hydrogens is 262 g/mol. The number of hydrogen-bond acceptors (Lipinski definition) is 5. The molecule has 0 saturated heterocycles. The quantitative estimate of drug-likeness (QED) is 0.869. The van der Waals surface area contributed by atoms with E-state index in [4.69, 9.17) is 17.3 Å². The number of halogens is 1. The van der Waals surface area contributed by atoms with Crippen LogP contribution in [0.5, 0.6) is 0 Å². The standard InChI is InChI=1S/C10H10ClN3S2/c11-8-3-1-2-7(4-8)9(5-12)15-10-13-6-14-16-10/h1-4,6,9H,5,12H2. The van der Waals surface area contributed by atoms with Gasteiger partial charge in [0.15, 0.2) is 4.34 Å². The Bertz CT molecular complexity index is 447. The minimum Gasteiger partial charge on any atom is -0.329 e. The van der Waals surface area contributed by atoms with Gasteiger partial charge in [0, 0.05) is 16.8 Å². The number of rotatable bonds is 4. The molecule has 1 heterocycles. The maximum atomic E-state index is 5.95. The van der Waals surface area contributed by atoms with Crippen molar-refractivity contribution in [1.29, 1.82) is 0 Å². The SMILES string of the molecule is NCC(Sc1ncns1)c1cccc(Cl)c1. The molecule has 0 aliphatic rings. The van der Waals surface area contributed by atoms with E-state index in [2.05, 4.69) is 9.36 Å². The lowest BCUT2D eigenvalue weighted by Crippen LogP contribution is -2.09. The summed E-state index contributed by atoms with van der Waals surface area (Å²) in [5.74, 6) is 0. The number of aromatic nitrogens is 2. The average Bonchev–Trinajstić information content (AvgIpc) is 2.78. The van der Waals surface area contributed by atoms with Crippen LogP contribution in [0.3, 0.4) is 0 Å². The van der Waals surface area contributed by atoms with Crippen molar-refractivity contribution in [2.24, 2.45) is 5.73 Å². The first-order valence-corrected chi connectivity index (χ1v) is 6.71. The third kappa shape index (κ3) is 2.95. The van der Waals surface area contributed by atoms with Gasteiger partial charge < -0.3 is 5.73 Å². The lowest BCUT2D eigenvalue weighted by molar-refractivity contribution is 0.939. The Labute approximate surface area is 107 Å². The molecule has 6 heteroatoms. The van der Waals surface area contributed by atoms with Crippen molar-refractivity contribution in [3.63, 3.8) is 0 Å². The molecule has 1 unspecified atom stereocenters. The normalized spacial score (nSPS) is 12.6. The Balaban J connectivity index is 2.16. The molecule has 1 aromatic carbocycles. The van der Waals surface area contributed by atoms with Gasteiger partial charge in [-0.05, 0) is 29.2 Å². The summed E-state index contributed by atoms with van der Waals surface area (Å²) in [7, 11) is 0. The maximum Gasteiger partial charge on any atom is 0.170 e. The summed E-state index contributed by atoms with van der Waals surface area (Å²) in [5.41, 5.74) is 6.88. The molecular formula is C10H10ClN3S2. The molecule has 0 spiro atoms. The molecule has 16 heavy (non-hydrogen) atoms. The van der Waals surface area contributed by atoms with E-state index in [-0.39, 0.29) is 5.25 Å². The van der Waals surface area contributed by atoms with E-state index in [1.165, 1.54) is 11.5 Å². The van der Waals surface area contributed by atoms with Gasteiger partial charge in [0.25, 0.3) is 0 Å². The molecule has 0 aliphatic heterocycles. The first-order valence-electron chi connectivity index (χ1n) is 4.68. The van der Waals surface area contributed by atoms with Crippen LogP contribution in [0.15, 0.2) is 34.9 Å². The zero-order valence-corrected chi connectivity index (χ0v) is 10.7. The van der Waals surface area contributed by atoms with E-state index >= 15 is 0 Å². The summed E-state index contributed by atoms with van der Waals surface area (Å²) in [5, 5.41) is 0.903. The third-order valence-corrected chi connectivity index (χ3v) is 4.28. The molecule has 84 valence electrons. The fraction of sp³-hybridized carbons (Fsp3) is 0.200. The van der Waals surface area contributed by atoms with Gasteiger partial charge in [-0.2, -0.15) is 4.37 Å². The number of hydrogen-bond donors (Lipinski definition) is 1. The topological polar surface area (TPSA) is 51.8 Å². The van der Waals surface area contributed by atoms with E-state index < -0.39 is 0 Å². The Morgan fingerprint density at radius 1 is 1.50 bits per heavy atom. The zero-order chi connectivity index (χ0) is 11.4. The Kier molecular flexibility index (Phi) is 4.17. The summed E-state index contributed by atoms with van der Waals surface area (Å²) in [4.78, 5) is 4.13. The van der Waals surface area contributed by atoms with Crippen LogP contribution in [-0.2, 0) is 0 Å². The van der Waals surface area contributed by atoms with Crippen LogP contribution in [0.25, 0.3) is 0 Å². The molecule has 0 aliphatic carbocycles. The van der Waals surface area contributed by atoms with Gasteiger partial charge in [-0.15, -0.1) is 0 Å². The predicted octanol–water partition coefficient (Wildman–Crippen LogP) is 2.98. The first kappa shape index (κ1) is 11.9. The van der Waals surface area contributed by atoms with Gasteiger partial charge in [0.05, 0.1) is 0 Å². The van der Waals surface area contributed by atoms with E-state index in [9.17, 15) is 0 Å². The second-order valence-electron chi connectivity index (χ2n) is 3.10. The van der Waals surface area contributed by atoms with Crippen molar-refractivity contribution in [2.75, 3.05) is 6.54 Å². The number of nitrogens with zero attached hydrogens (tertiary/aromatic N) is 2. The average molecular weight is 272 g/mol. The smallest absolute Gasteiger partial charge is 0.170 e. The fourth-order valence-corrected chi connectivity index (χ4v) is 3.15. The van der Waals surface area contributed by atoms with E-state index in [0.29, 0.717) is 6.54 Å². The highest BCUT2D eigenvalue weighted by Gasteiger charge is 2.13. The number of benzene rings is 1. The molecule has 1 aromatic heterocycles. The van der Waals surface area contributed by atoms with Gasteiger partial charge in [-0.25, -0.2) is 4.98 Å². The van der Waals surface area contributed by atoms with Gasteiger partial charge in [0.1, 0.15) is 6.33 Å². The molecule has 2 N–H and O–H groups in total. The van der Waals surface area contributed by atoms with Crippen LogP contribution < -0.4 is 5.73 Å². The van der Waals surface area contributed by atoms with Gasteiger partial charge in [-0.3, -0.25) is 0 Å². The summed E-state index contributed by atoms with van der Waals surface area (Å²) >= 11 is 8.95. The second kappa shape index (κ2) is 5.63. The maximum absolute atomic E-state index is 5.95. The van der Waals surface area contributed by atoms with Gasteiger partial charge >= 0.3 is 0 Å². The highest BCUT2D eigenvalue weighted by Crippen LogP contribution is 2.35. The second-order valence-corrected chi connectivity index (χ2v) is 5.77. The van der Waals surface area contributed by atoms with Crippen molar-refractivity contribution >= 4 is 34.9 Å². The third-order valence-electron chi connectivity index (χ3n) is 2.02. The van der Waals surface area contributed by atoms with Gasteiger partial charge in [-0.1, -0.05) is 35.5 Å². The summed E-state index contributed by atoms with van der Waals surface area (Å²) in [6.07, 6.45) is 1.55. The summed E-state index contributed by atoms with van der Waals surface area (Å²) < 4.78 is 4.89. The Hall–Kier alpha value is -0.620. The van der Waals surface area contributed by atoms with E-state index in [1.807, 2.05) is 24.3 Å². The molecule has 0 bridgehead atoms. The molecule has 0 amide bonds. The Morgan fingerprint density at radius 2 is 2.38 bits per heavy atom. The van der Waals surface area contributed by atoms with Crippen molar-refractivity contribution in [2.45, 2.75) is 9.59 Å². The predicted molar refractivity (Wildman–Crippen MR) is 69.0 cm³/mol. The highest BCUT2D eigenvalue weighted by atomic mass is 35.5. The highest BCUT2D eigenvalue weighted by molar-refractivity contribution is 8.01. The molecule has 2 aromatic rings. The molecule has 1 atom stereocenters. The lowest BCUT2D eigenvalue weighted by atomic mass is 10.1. The van der Waals surface area contributed by atoms with Crippen LogP contribution in [0, 0.1) is 0 Å². The van der Waals surface area contributed by atoms with Crippen molar-refractivity contribution in [3.05, 3.63) is 41.2 Å². The number of nitrogens with two attached hydrogens (primary N) is 1. The first-order chi connectivity index (χ1) is 7.79. The molecule has 0 fully saturated rings. The summed E-state index contributed by atoms with van der Waals surface area (Å²) in [6.45, 7) is 0.546. The van der Waals surface area contributed by atoms with Gasteiger partial charge in [0.2, 0.25) is 0 Å². The van der Waals surface area contributed by atoms with Crippen LogP contribution in [0.1, 0.15) is 10.8 Å². The van der Waals surface area contributed by atoms with Crippen molar-refractivity contribution in [1.82, 2.24) is 9.36 Å². The van der Waals surface area contributed by atoms with Crippen LogP contribution >= 0.6 is 34.9 Å². The minimum absolute atomic E-state index is 0.173. The largest absolute Gasteiger partial charge is 0.329 e. The summed E-state index contributed by atoms with van der Waals surface area (Å²) in [6, 6.07) is 7.75. The zero-order valence-electron chi connectivity index (χ0n) is 8.34. The molecule has 3 nitrogen and oxygen atoms in total. The molecule has 2 rings (SSSR count). The lowest BCUT2D eigenvalue weighted by Gasteiger charge is -2.12. The van der Waals surface area contributed by atoms with E-state index in [1.54, 1.807) is 18.1 Å². The van der Waals surface area contributed by atoms with Crippen molar-refractivity contribution < 1.29 is 0 Å². The Morgan fingerprint density at radius 3 is 3.00 bits per heavy atom. The van der Waals surface area contributed by atoms with E-state index in [0.717, 1.165) is 14.9 Å². The van der Waals surface area contributed by atoms with Crippen LogP contribution in [0.4, 0.5) is 0 Å². The molecule has 0 radical (unpaired) electrons.